The van der Waals surface area contributed by atoms with Crippen molar-refractivity contribution in [1.29, 1.82) is 0 Å². The fourth-order valence-corrected chi connectivity index (χ4v) is 8.05. The average Bonchev–Trinajstić information content (AvgIpc) is 3.38. The summed E-state index contributed by atoms with van der Waals surface area (Å²) in [5.74, 6) is -1.06. The van der Waals surface area contributed by atoms with E-state index >= 15 is 0 Å². The summed E-state index contributed by atoms with van der Waals surface area (Å²) < 4.78 is 16.7. The predicted molar refractivity (Wildman–Crippen MR) is 311 cm³/mol. The van der Waals surface area contributed by atoms with E-state index in [1.807, 2.05) is 6.08 Å². The molecule has 72 heavy (non-hydrogen) atoms. The van der Waals surface area contributed by atoms with Crippen LogP contribution in [0, 0.1) is 0 Å². The molecule has 0 saturated carbocycles. The summed E-state index contributed by atoms with van der Waals surface area (Å²) in [6, 6.07) is 0. The molecular weight excluding hydrogens is 889 g/mol. The van der Waals surface area contributed by atoms with Crippen molar-refractivity contribution in [1.82, 2.24) is 0 Å². The van der Waals surface area contributed by atoms with E-state index in [1.54, 1.807) is 6.08 Å². The molecule has 0 aliphatic carbocycles. The second-order valence-corrected chi connectivity index (χ2v) is 19.5. The SMILES string of the molecule is CC/C=C\C/C=C\C/C=C\C/C=C\C/C=C\CC(=O)OC(COC(=O)CCCCCCC/C=C\CCCCC)COC(=O)CCCCCCCCCCCCCC/C=C\C/C=C\C/C=C\CCCCCCC. The van der Waals surface area contributed by atoms with Gasteiger partial charge in [-0.2, -0.15) is 0 Å². The van der Waals surface area contributed by atoms with Crippen molar-refractivity contribution in [2.45, 2.75) is 277 Å². The van der Waals surface area contributed by atoms with E-state index in [1.165, 1.54) is 135 Å². The lowest BCUT2D eigenvalue weighted by Crippen LogP contribution is -2.30. The van der Waals surface area contributed by atoms with Gasteiger partial charge in [-0.05, 0) is 109 Å². The van der Waals surface area contributed by atoms with E-state index in [-0.39, 0.29) is 31.6 Å². The molecule has 0 aromatic carbocycles. The number of carbonyl (C=O) groups is 3. The molecule has 6 heteroatoms. The molecule has 0 amide bonds. The number of unbranched alkanes of at least 4 members (excludes halogenated alkanes) is 25. The van der Waals surface area contributed by atoms with E-state index in [9.17, 15) is 14.4 Å². The van der Waals surface area contributed by atoms with Gasteiger partial charge in [-0.1, -0.05) is 252 Å². The van der Waals surface area contributed by atoms with Crippen LogP contribution in [0.3, 0.4) is 0 Å². The third-order valence-electron chi connectivity index (χ3n) is 12.5. The van der Waals surface area contributed by atoms with Crippen molar-refractivity contribution in [3.63, 3.8) is 0 Å². The quantitative estimate of drug-likeness (QED) is 0.0261. The van der Waals surface area contributed by atoms with Crippen LogP contribution in [0.15, 0.2) is 109 Å². The fourth-order valence-electron chi connectivity index (χ4n) is 8.05. The van der Waals surface area contributed by atoms with Crippen LogP contribution in [0.25, 0.3) is 0 Å². The molecule has 0 rings (SSSR count). The Morgan fingerprint density at radius 2 is 0.583 bits per heavy atom. The Kier molecular flexibility index (Phi) is 56.4. The minimum absolute atomic E-state index is 0.0926. The molecule has 410 valence electrons. The first kappa shape index (κ1) is 68.1. The molecule has 0 saturated heterocycles. The van der Waals surface area contributed by atoms with Crippen LogP contribution in [0.2, 0.25) is 0 Å². The van der Waals surface area contributed by atoms with Crippen molar-refractivity contribution in [3.8, 4) is 0 Å². The van der Waals surface area contributed by atoms with Crippen molar-refractivity contribution < 1.29 is 28.6 Å². The average molecular weight is 1000 g/mol. The Labute approximate surface area is 444 Å². The molecule has 0 aliphatic heterocycles. The third kappa shape index (κ3) is 57.0. The van der Waals surface area contributed by atoms with Crippen LogP contribution in [0.5, 0.6) is 0 Å². The van der Waals surface area contributed by atoms with E-state index in [2.05, 4.69) is 118 Å². The van der Waals surface area contributed by atoms with Crippen LogP contribution in [-0.4, -0.2) is 37.2 Å². The largest absolute Gasteiger partial charge is 0.462 e. The van der Waals surface area contributed by atoms with Gasteiger partial charge in [-0.25, -0.2) is 0 Å². The number of rotatable bonds is 53. The molecular formula is C66H110O6. The number of hydrogen-bond donors (Lipinski definition) is 0. The third-order valence-corrected chi connectivity index (χ3v) is 12.5. The maximum Gasteiger partial charge on any atom is 0.310 e. The zero-order valence-electron chi connectivity index (χ0n) is 46.9. The summed E-state index contributed by atoms with van der Waals surface area (Å²) in [7, 11) is 0. The fraction of sp³-hybridized carbons (Fsp3) is 0.682. The monoisotopic (exact) mass is 999 g/mol. The first-order valence-corrected chi connectivity index (χ1v) is 29.9. The topological polar surface area (TPSA) is 78.9 Å². The van der Waals surface area contributed by atoms with E-state index in [0.29, 0.717) is 12.8 Å². The molecule has 0 bridgehead atoms. The van der Waals surface area contributed by atoms with Gasteiger partial charge >= 0.3 is 17.9 Å². The van der Waals surface area contributed by atoms with Gasteiger partial charge in [0, 0.05) is 12.8 Å². The number of ether oxygens (including phenoxy) is 3. The molecule has 0 radical (unpaired) electrons. The molecule has 0 fully saturated rings. The minimum Gasteiger partial charge on any atom is -0.462 e. The lowest BCUT2D eigenvalue weighted by Gasteiger charge is -2.18. The molecule has 0 heterocycles. The Balaban J connectivity index is 4.34. The second kappa shape index (κ2) is 59.6. The van der Waals surface area contributed by atoms with Gasteiger partial charge in [-0.3, -0.25) is 14.4 Å². The Hall–Kier alpha value is -3.93. The predicted octanol–water partition coefficient (Wildman–Crippen LogP) is 20.3. The van der Waals surface area contributed by atoms with Gasteiger partial charge in [0.15, 0.2) is 6.10 Å². The Morgan fingerprint density at radius 3 is 0.958 bits per heavy atom. The molecule has 0 aliphatic rings. The van der Waals surface area contributed by atoms with Gasteiger partial charge in [-0.15, -0.1) is 0 Å². The molecule has 0 spiro atoms. The first-order chi connectivity index (χ1) is 35.5. The highest BCUT2D eigenvalue weighted by atomic mass is 16.6. The molecule has 0 aromatic rings. The molecule has 1 unspecified atom stereocenters. The number of hydrogen-bond acceptors (Lipinski definition) is 6. The van der Waals surface area contributed by atoms with Gasteiger partial charge in [0.2, 0.25) is 0 Å². The standard InChI is InChI=1S/C66H110O6/c1-4-7-10-13-16-19-22-25-27-28-29-30-31-32-33-34-35-36-37-38-40-41-44-47-50-53-56-59-65(68)71-62-63(61-70-64(67)58-55-52-49-46-43-24-21-18-15-12-9-6-3)72-66(69)60-57-54-51-48-45-42-39-26-23-20-17-14-11-8-5-2/h8,11,17-18,20-22,25-26,28-29,31-32,39,45,48,54,57,63H,4-7,9-10,12-16,19,23-24,27,30,33-38,40-44,46-47,49-53,55-56,58-62H2,1-3H3/b11-8-,20-17-,21-18-,25-22-,29-28-,32-31-,39-26-,48-45-,57-54-. The highest BCUT2D eigenvalue weighted by molar-refractivity contribution is 5.72. The van der Waals surface area contributed by atoms with Crippen molar-refractivity contribution in [2.75, 3.05) is 13.2 Å². The van der Waals surface area contributed by atoms with Crippen LogP contribution in [0.4, 0.5) is 0 Å². The molecule has 0 aromatic heterocycles. The second-order valence-electron chi connectivity index (χ2n) is 19.5. The van der Waals surface area contributed by atoms with Gasteiger partial charge < -0.3 is 14.2 Å². The zero-order valence-corrected chi connectivity index (χ0v) is 46.9. The molecule has 1 atom stereocenters. The summed E-state index contributed by atoms with van der Waals surface area (Å²) >= 11 is 0. The van der Waals surface area contributed by atoms with Crippen molar-refractivity contribution in [2.24, 2.45) is 0 Å². The highest BCUT2D eigenvalue weighted by Gasteiger charge is 2.19. The number of carbonyl (C=O) groups excluding carboxylic acids is 3. The van der Waals surface area contributed by atoms with E-state index in [4.69, 9.17) is 14.2 Å². The van der Waals surface area contributed by atoms with Crippen molar-refractivity contribution in [3.05, 3.63) is 109 Å². The van der Waals surface area contributed by atoms with Gasteiger partial charge in [0.25, 0.3) is 0 Å². The summed E-state index contributed by atoms with van der Waals surface area (Å²) in [5.41, 5.74) is 0. The molecule has 6 nitrogen and oxygen atoms in total. The Bertz CT molecular complexity index is 1470. The smallest absolute Gasteiger partial charge is 0.310 e. The van der Waals surface area contributed by atoms with Crippen molar-refractivity contribution >= 4 is 17.9 Å². The normalized spacial score (nSPS) is 12.9. The molecule has 0 N–H and O–H groups in total. The van der Waals surface area contributed by atoms with Crippen LogP contribution < -0.4 is 0 Å². The summed E-state index contributed by atoms with van der Waals surface area (Å²) in [4.78, 5) is 38.1. The van der Waals surface area contributed by atoms with Gasteiger partial charge in [0.1, 0.15) is 13.2 Å². The summed E-state index contributed by atoms with van der Waals surface area (Å²) in [5, 5.41) is 0. The number of allylic oxidation sites excluding steroid dienone is 17. The minimum atomic E-state index is -0.838. The lowest BCUT2D eigenvalue weighted by molar-refractivity contribution is -0.166. The lowest BCUT2D eigenvalue weighted by atomic mass is 10.0. The zero-order chi connectivity index (χ0) is 52.2. The Morgan fingerprint density at radius 1 is 0.306 bits per heavy atom. The summed E-state index contributed by atoms with van der Waals surface area (Å²) in [6.07, 6.45) is 81.2. The maximum atomic E-state index is 12.8. The summed E-state index contributed by atoms with van der Waals surface area (Å²) in [6.45, 7) is 6.40. The van der Waals surface area contributed by atoms with E-state index < -0.39 is 12.1 Å². The maximum absolute atomic E-state index is 12.8. The first-order valence-electron chi connectivity index (χ1n) is 29.9. The van der Waals surface area contributed by atoms with Crippen LogP contribution in [-0.2, 0) is 28.6 Å². The van der Waals surface area contributed by atoms with Crippen LogP contribution >= 0.6 is 0 Å². The van der Waals surface area contributed by atoms with Gasteiger partial charge in [0.05, 0.1) is 6.42 Å². The number of esters is 3. The van der Waals surface area contributed by atoms with Crippen LogP contribution in [0.1, 0.15) is 271 Å². The van der Waals surface area contributed by atoms with E-state index in [0.717, 1.165) is 96.3 Å². The highest BCUT2D eigenvalue weighted by Crippen LogP contribution is 2.15.